The number of halogens is 3. The average Bonchev–Trinajstić information content (AvgIpc) is 2.69. The molecule has 0 aliphatic rings. The zero-order valence-electron chi connectivity index (χ0n) is 15.0. The molecule has 0 saturated heterocycles. The van der Waals surface area contributed by atoms with Gasteiger partial charge in [-0.1, -0.05) is 36.4 Å². The summed E-state index contributed by atoms with van der Waals surface area (Å²) in [5, 5.41) is 5.38. The molecule has 2 N–H and O–H groups in total. The molecule has 0 bridgehead atoms. The van der Waals surface area contributed by atoms with Crippen LogP contribution in [0.25, 0.3) is 11.1 Å². The van der Waals surface area contributed by atoms with Gasteiger partial charge in [-0.05, 0) is 54.2 Å². The summed E-state index contributed by atoms with van der Waals surface area (Å²) in [5.74, 6) is -3.11. The van der Waals surface area contributed by atoms with Gasteiger partial charge >= 0.3 is 0 Å². The van der Waals surface area contributed by atoms with Crippen molar-refractivity contribution in [1.82, 2.24) is 5.32 Å². The monoisotopic (exact) mass is 412 g/mol. The van der Waals surface area contributed by atoms with Gasteiger partial charge in [0.15, 0.2) is 0 Å². The highest BCUT2D eigenvalue weighted by Crippen LogP contribution is 2.30. The molecule has 0 saturated carbocycles. The van der Waals surface area contributed by atoms with E-state index in [4.69, 9.17) is 11.6 Å². The first-order chi connectivity index (χ1) is 13.9. The van der Waals surface area contributed by atoms with Crippen molar-refractivity contribution < 1.29 is 18.4 Å². The van der Waals surface area contributed by atoms with Crippen LogP contribution in [-0.4, -0.2) is 11.8 Å². The molecule has 3 rings (SSSR count). The van der Waals surface area contributed by atoms with Gasteiger partial charge in [0.05, 0.1) is 0 Å². The molecule has 3 aromatic rings. The Morgan fingerprint density at radius 1 is 0.931 bits per heavy atom. The van der Waals surface area contributed by atoms with Gasteiger partial charge in [0, 0.05) is 21.8 Å². The van der Waals surface area contributed by atoms with Gasteiger partial charge in [0.1, 0.15) is 17.2 Å². The van der Waals surface area contributed by atoms with Crippen LogP contribution in [0.2, 0.25) is 5.02 Å². The summed E-state index contributed by atoms with van der Waals surface area (Å²) in [5.41, 5.74) is 1.40. The molecule has 0 aliphatic carbocycles. The third-order valence-electron chi connectivity index (χ3n) is 4.11. The van der Waals surface area contributed by atoms with Crippen molar-refractivity contribution in [3.8, 4) is 11.1 Å². The second-order valence-corrected chi connectivity index (χ2v) is 6.41. The fourth-order valence-corrected chi connectivity index (χ4v) is 2.93. The zero-order chi connectivity index (χ0) is 21.0. The summed E-state index contributed by atoms with van der Waals surface area (Å²) < 4.78 is 27.5. The van der Waals surface area contributed by atoms with Crippen LogP contribution in [0, 0.1) is 11.6 Å². The number of amides is 2. The molecular formula is C22H15ClF2N2O2. The summed E-state index contributed by atoms with van der Waals surface area (Å²) in [6, 6.07) is 14.5. The smallest absolute Gasteiger partial charge is 0.261 e. The third-order valence-corrected chi connectivity index (χ3v) is 4.43. The SMILES string of the molecule is C=CNC(=O)c1ccc(Cl)c(-c2ccc(NC(=O)c3c(F)cccc3F)cc2)c1. The largest absolute Gasteiger partial charge is 0.329 e. The topological polar surface area (TPSA) is 58.2 Å². The van der Waals surface area contributed by atoms with E-state index in [1.165, 1.54) is 12.3 Å². The lowest BCUT2D eigenvalue weighted by molar-refractivity contribution is 0.0968. The van der Waals surface area contributed by atoms with Crippen molar-refractivity contribution in [1.29, 1.82) is 0 Å². The molecule has 0 spiro atoms. The first-order valence-electron chi connectivity index (χ1n) is 8.48. The Bertz CT molecular complexity index is 1080. The molecule has 3 aromatic carbocycles. The minimum absolute atomic E-state index is 0.325. The summed E-state index contributed by atoms with van der Waals surface area (Å²) in [6.45, 7) is 3.45. The van der Waals surface area contributed by atoms with Gasteiger partial charge in [-0.25, -0.2) is 8.78 Å². The standard InChI is InChI=1S/C22H15ClF2N2O2/c1-2-26-21(28)14-8-11-17(23)16(12-14)13-6-9-15(10-7-13)27-22(29)20-18(24)4-3-5-19(20)25/h2-12H,1H2,(H,26,28)(H,27,29). The minimum Gasteiger partial charge on any atom is -0.329 e. The Balaban J connectivity index is 1.84. The third kappa shape index (κ3) is 4.50. The lowest BCUT2D eigenvalue weighted by Crippen LogP contribution is -2.16. The number of carbonyl (C=O) groups is 2. The maximum Gasteiger partial charge on any atom is 0.261 e. The zero-order valence-corrected chi connectivity index (χ0v) is 15.8. The van der Waals surface area contributed by atoms with Crippen molar-refractivity contribution in [2.24, 2.45) is 0 Å². The van der Waals surface area contributed by atoms with Gasteiger partial charge in [-0.2, -0.15) is 0 Å². The van der Waals surface area contributed by atoms with Gasteiger partial charge in [-0.15, -0.1) is 0 Å². The lowest BCUT2D eigenvalue weighted by Gasteiger charge is -2.10. The molecule has 29 heavy (non-hydrogen) atoms. The molecule has 0 atom stereocenters. The predicted molar refractivity (Wildman–Crippen MR) is 109 cm³/mol. The van der Waals surface area contributed by atoms with E-state index >= 15 is 0 Å². The predicted octanol–water partition coefficient (Wildman–Crippen LogP) is 5.41. The van der Waals surface area contributed by atoms with Crippen LogP contribution in [0.1, 0.15) is 20.7 Å². The minimum atomic E-state index is -0.944. The van der Waals surface area contributed by atoms with Crippen LogP contribution in [0.5, 0.6) is 0 Å². The molecule has 0 unspecified atom stereocenters. The van der Waals surface area contributed by atoms with E-state index in [2.05, 4.69) is 17.2 Å². The maximum absolute atomic E-state index is 13.7. The van der Waals surface area contributed by atoms with Crippen LogP contribution in [0.4, 0.5) is 14.5 Å². The van der Waals surface area contributed by atoms with Gasteiger partial charge < -0.3 is 10.6 Å². The number of anilines is 1. The van der Waals surface area contributed by atoms with E-state index in [0.717, 1.165) is 12.1 Å². The number of hydrogen-bond acceptors (Lipinski definition) is 2. The Labute approximate surface area is 170 Å². The average molecular weight is 413 g/mol. The molecule has 0 fully saturated rings. The van der Waals surface area contributed by atoms with Crippen molar-refractivity contribution in [3.05, 3.63) is 101 Å². The quantitative estimate of drug-likeness (QED) is 0.588. The highest BCUT2D eigenvalue weighted by atomic mass is 35.5. The van der Waals surface area contributed by atoms with Crippen LogP contribution >= 0.6 is 11.6 Å². The van der Waals surface area contributed by atoms with Crippen molar-refractivity contribution >= 4 is 29.1 Å². The first-order valence-corrected chi connectivity index (χ1v) is 8.85. The molecule has 0 radical (unpaired) electrons. The molecular weight excluding hydrogens is 398 g/mol. The highest BCUT2D eigenvalue weighted by Gasteiger charge is 2.17. The highest BCUT2D eigenvalue weighted by molar-refractivity contribution is 6.33. The molecule has 4 nitrogen and oxygen atoms in total. The van der Waals surface area contributed by atoms with Crippen molar-refractivity contribution in [2.75, 3.05) is 5.32 Å². The van der Waals surface area contributed by atoms with Crippen LogP contribution in [0.15, 0.2) is 73.4 Å². The normalized spacial score (nSPS) is 10.3. The molecule has 7 heteroatoms. The number of hydrogen-bond donors (Lipinski definition) is 2. The maximum atomic E-state index is 13.7. The van der Waals surface area contributed by atoms with Gasteiger partial charge in [0.2, 0.25) is 0 Å². The fourth-order valence-electron chi connectivity index (χ4n) is 2.71. The molecule has 146 valence electrons. The van der Waals surface area contributed by atoms with E-state index in [1.807, 2.05) is 0 Å². The first kappa shape index (κ1) is 20.2. The van der Waals surface area contributed by atoms with E-state index in [0.29, 0.717) is 27.4 Å². The Morgan fingerprint density at radius 3 is 2.21 bits per heavy atom. The summed E-state index contributed by atoms with van der Waals surface area (Å²) >= 11 is 6.25. The molecule has 0 aromatic heterocycles. The summed E-state index contributed by atoms with van der Waals surface area (Å²) in [6.07, 6.45) is 1.28. The van der Waals surface area contributed by atoms with Crippen molar-refractivity contribution in [2.45, 2.75) is 0 Å². The van der Waals surface area contributed by atoms with Crippen LogP contribution in [-0.2, 0) is 0 Å². The molecule has 0 aliphatic heterocycles. The van der Waals surface area contributed by atoms with Crippen LogP contribution < -0.4 is 10.6 Å². The molecule has 0 heterocycles. The Kier molecular flexibility index (Phi) is 6.04. The van der Waals surface area contributed by atoms with Gasteiger partial charge in [0.25, 0.3) is 11.8 Å². The Morgan fingerprint density at radius 2 is 1.59 bits per heavy atom. The number of nitrogens with one attached hydrogen (secondary N) is 2. The van der Waals surface area contributed by atoms with E-state index in [-0.39, 0.29) is 5.91 Å². The number of rotatable bonds is 5. The number of carbonyl (C=O) groups excluding carboxylic acids is 2. The van der Waals surface area contributed by atoms with Crippen LogP contribution in [0.3, 0.4) is 0 Å². The number of benzene rings is 3. The molecule has 2 amide bonds. The second kappa shape index (κ2) is 8.67. The van der Waals surface area contributed by atoms with Gasteiger partial charge in [-0.3, -0.25) is 9.59 Å². The van der Waals surface area contributed by atoms with E-state index < -0.39 is 23.1 Å². The fraction of sp³-hybridized carbons (Fsp3) is 0. The van der Waals surface area contributed by atoms with E-state index in [1.54, 1.807) is 42.5 Å². The second-order valence-electron chi connectivity index (χ2n) is 6.00. The Hall–Kier alpha value is -3.51. The van der Waals surface area contributed by atoms with E-state index in [9.17, 15) is 18.4 Å². The van der Waals surface area contributed by atoms with Crippen molar-refractivity contribution in [3.63, 3.8) is 0 Å². The summed E-state index contributed by atoms with van der Waals surface area (Å²) in [4.78, 5) is 24.2. The summed E-state index contributed by atoms with van der Waals surface area (Å²) in [7, 11) is 0. The lowest BCUT2D eigenvalue weighted by atomic mass is 10.0.